The van der Waals surface area contributed by atoms with Gasteiger partial charge in [0, 0.05) is 17.8 Å². The number of hydrogen-bond acceptors (Lipinski definition) is 4. The summed E-state index contributed by atoms with van der Waals surface area (Å²) in [5, 5.41) is 2.99. The van der Waals surface area contributed by atoms with Crippen LogP contribution < -0.4 is 4.74 Å². The molecular weight excluding hydrogens is 320 g/mol. The standard InChI is InChI=1S/C19H24N2O2S/c1-4-19(22)21(16-6-7-16)10-15-12-24-18(20-15)11-23-17-8-5-13(2)14(3)9-17/h5,8-9,12,16H,4,6-7,10-11H2,1-3H3. The van der Waals surface area contributed by atoms with E-state index in [2.05, 4.69) is 31.0 Å². The van der Waals surface area contributed by atoms with Gasteiger partial charge in [-0.05, 0) is 49.9 Å². The minimum absolute atomic E-state index is 0.221. The minimum atomic E-state index is 0.221. The van der Waals surface area contributed by atoms with Gasteiger partial charge in [0.1, 0.15) is 17.4 Å². The van der Waals surface area contributed by atoms with Crippen LogP contribution in [0.5, 0.6) is 5.75 Å². The zero-order valence-electron chi connectivity index (χ0n) is 14.5. The summed E-state index contributed by atoms with van der Waals surface area (Å²) in [4.78, 5) is 18.7. The third kappa shape index (κ3) is 4.15. The molecule has 24 heavy (non-hydrogen) atoms. The molecule has 1 aromatic carbocycles. The van der Waals surface area contributed by atoms with E-state index < -0.39 is 0 Å². The molecule has 1 aromatic heterocycles. The quantitative estimate of drug-likeness (QED) is 0.754. The molecule has 0 unspecified atom stereocenters. The van der Waals surface area contributed by atoms with Gasteiger partial charge in [0.25, 0.3) is 0 Å². The van der Waals surface area contributed by atoms with Crippen molar-refractivity contribution in [1.29, 1.82) is 0 Å². The van der Waals surface area contributed by atoms with E-state index in [4.69, 9.17) is 4.74 Å². The molecule has 128 valence electrons. The van der Waals surface area contributed by atoms with Gasteiger partial charge in [-0.1, -0.05) is 13.0 Å². The summed E-state index contributed by atoms with van der Waals surface area (Å²) < 4.78 is 5.84. The summed E-state index contributed by atoms with van der Waals surface area (Å²) in [6.45, 7) is 7.19. The van der Waals surface area contributed by atoms with Crippen LogP contribution in [-0.4, -0.2) is 21.8 Å². The molecule has 0 atom stereocenters. The highest BCUT2D eigenvalue weighted by Crippen LogP contribution is 2.29. The van der Waals surface area contributed by atoms with E-state index in [9.17, 15) is 4.79 Å². The first-order valence-electron chi connectivity index (χ1n) is 8.49. The van der Waals surface area contributed by atoms with Crippen molar-refractivity contribution in [3.63, 3.8) is 0 Å². The monoisotopic (exact) mass is 344 g/mol. The summed E-state index contributed by atoms with van der Waals surface area (Å²) in [5.74, 6) is 1.09. The number of aromatic nitrogens is 1. The topological polar surface area (TPSA) is 42.4 Å². The smallest absolute Gasteiger partial charge is 0.222 e. The van der Waals surface area contributed by atoms with E-state index in [1.165, 1.54) is 11.1 Å². The molecule has 1 fully saturated rings. The van der Waals surface area contributed by atoms with Crippen LogP contribution in [0.2, 0.25) is 0 Å². The van der Waals surface area contributed by atoms with Crippen molar-refractivity contribution >= 4 is 17.2 Å². The average molecular weight is 344 g/mol. The number of amides is 1. The van der Waals surface area contributed by atoms with Crippen molar-refractivity contribution in [3.8, 4) is 5.75 Å². The molecule has 0 radical (unpaired) electrons. The van der Waals surface area contributed by atoms with Gasteiger partial charge >= 0.3 is 0 Å². The Hall–Kier alpha value is -1.88. The van der Waals surface area contributed by atoms with Crippen LogP contribution in [0.25, 0.3) is 0 Å². The second kappa shape index (κ2) is 7.34. The lowest BCUT2D eigenvalue weighted by atomic mass is 10.1. The molecule has 3 rings (SSSR count). The first kappa shape index (κ1) is 17.0. The molecule has 2 aromatic rings. The molecule has 1 saturated carbocycles. The van der Waals surface area contributed by atoms with Gasteiger partial charge in [-0.25, -0.2) is 4.98 Å². The second-order valence-electron chi connectivity index (χ2n) is 6.37. The maximum Gasteiger partial charge on any atom is 0.222 e. The summed E-state index contributed by atoms with van der Waals surface area (Å²) in [5.41, 5.74) is 3.46. The first-order valence-corrected chi connectivity index (χ1v) is 9.37. The SMILES string of the molecule is CCC(=O)N(Cc1csc(COc2ccc(C)c(C)c2)n1)C1CC1. The Morgan fingerprint density at radius 3 is 2.79 bits per heavy atom. The van der Waals surface area contributed by atoms with E-state index in [0.717, 1.165) is 29.3 Å². The second-order valence-corrected chi connectivity index (χ2v) is 7.32. The minimum Gasteiger partial charge on any atom is -0.486 e. The summed E-state index contributed by atoms with van der Waals surface area (Å²) in [7, 11) is 0. The van der Waals surface area contributed by atoms with Gasteiger partial charge in [-0.2, -0.15) is 0 Å². The molecule has 4 nitrogen and oxygen atoms in total. The average Bonchev–Trinajstić information content (AvgIpc) is 3.32. The van der Waals surface area contributed by atoms with Gasteiger partial charge < -0.3 is 9.64 Å². The van der Waals surface area contributed by atoms with Gasteiger partial charge in [0.2, 0.25) is 5.91 Å². The van der Waals surface area contributed by atoms with E-state index in [-0.39, 0.29) is 5.91 Å². The molecule has 0 saturated heterocycles. The number of thiazole rings is 1. The fourth-order valence-corrected chi connectivity index (χ4v) is 3.32. The number of ether oxygens (including phenoxy) is 1. The lowest BCUT2D eigenvalue weighted by Gasteiger charge is -2.20. The lowest BCUT2D eigenvalue weighted by molar-refractivity contribution is -0.132. The van der Waals surface area contributed by atoms with Crippen molar-refractivity contribution in [3.05, 3.63) is 45.4 Å². The van der Waals surface area contributed by atoms with E-state index in [0.29, 0.717) is 25.6 Å². The Balaban J connectivity index is 1.58. The molecule has 0 spiro atoms. The summed E-state index contributed by atoms with van der Waals surface area (Å²) >= 11 is 1.60. The fourth-order valence-electron chi connectivity index (χ4n) is 2.62. The highest BCUT2D eigenvalue weighted by Gasteiger charge is 2.32. The number of rotatable bonds is 7. The summed E-state index contributed by atoms with van der Waals surface area (Å²) in [6, 6.07) is 6.54. The van der Waals surface area contributed by atoms with E-state index in [1.54, 1.807) is 11.3 Å². The predicted molar refractivity (Wildman–Crippen MR) is 96.2 cm³/mol. The third-order valence-electron chi connectivity index (χ3n) is 4.38. The van der Waals surface area contributed by atoms with Gasteiger partial charge in [-0.3, -0.25) is 4.79 Å². The Morgan fingerprint density at radius 2 is 2.12 bits per heavy atom. The predicted octanol–water partition coefficient (Wildman–Crippen LogP) is 4.24. The Kier molecular flexibility index (Phi) is 5.19. The van der Waals surface area contributed by atoms with E-state index >= 15 is 0 Å². The van der Waals surface area contributed by atoms with Crippen molar-refractivity contribution in [2.45, 2.75) is 59.2 Å². The Labute approximate surface area is 147 Å². The normalized spacial score (nSPS) is 13.8. The maximum absolute atomic E-state index is 12.1. The van der Waals surface area contributed by atoms with Crippen molar-refractivity contribution in [1.82, 2.24) is 9.88 Å². The van der Waals surface area contributed by atoms with Crippen LogP contribution in [0.15, 0.2) is 23.6 Å². The molecule has 0 N–H and O–H groups in total. The van der Waals surface area contributed by atoms with E-state index in [1.807, 2.05) is 23.3 Å². The van der Waals surface area contributed by atoms with Crippen molar-refractivity contribution in [2.24, 2.45) is 0 Å². The first-order chi connectivity index (χ1) is 11.6. The number of benzene rings is 1. The van der Waals surface area contributed by atoms with Crippen molar-refractivity contribution < 1.29 is 9.53 Å². The highest BCUT2D eigenvalue weighted by atomic mass is 32.1. The Bertz CT molecular complexity index is 722. The van der Waals surface area contributed by atoms with Crippen LogP contribution >= 0.6 is 11.3 Å². The zero-order chi connectivity index (χ0) is 17.1. The van der Waals surface area contributed by atoms with Crippen LogP contribution in [0.4, 0.5) is 0 Å². The molecule has 0 aliphatic heterocycles. The molecule has 1 aliphatic carbocycles. The number of carbonyl (C=O) groups is 1. The van der Waals surface area contributed by atoms with Crippen molar-refractivity contribution in [2.75, 3.05) is 0 Å². The van der Waals surface area contributed by atoms with Gasteiger partial charge in [0.05, 0.1) is 12.2 Å². The molecule has 1 heterocycles. The molecule has 1 aliphatic rings. The Morgan fingerprint density at radius 1 is 1.33 bits per heavy atom. The van der Waals surface area contributed by atoms with Crippen LogP contribution in [0, 0.1) is 13.8 Å². The zero-order valence-corrected chi connectivity index (χ0v) is 15.4. The van der Waals surface area contributed by atoms with Crippen LogP contribution in [-0.2, 0) is 17.9 Å². The maximum atomic E-state index is 12.1. The molecule has 5 heteroatoms. The highest BCUT2D eigenvalue weighted by molar-refractivity contribution is 7.09. The number of hydrogen-bond donors (Lipinski definition) is 0. The third-order valence-corrected chi connectivity index (χ3v) is 5.25. The summed E-state index contributed by atoms with van der Waals surface area (Å²) in [6.07, 6.45) is 2.81. The number of carbonyl (C=O) groups excluding carboxylic acids is 1. The lowest BCUT2D eigenvalue weighted by Crippen LogP contribution is -2.32. The molecule has 0 bridgehead atoms. The molecular formula is C19H24N2O2S. The molecule has 1 amide bonds. The fraction of sp³-hybridized carbons (Fsp3) is 0.474. The van der Waals surface area contributed by atoms with Gasteiger partial charge in [0.15, 0.2) is 0 Å². The largest absolute Gasteiger partial charge is 0.486 e. The van der Waals surface area contributed by atoms with Gasteiger partial charge in [-0.15, -0.1) is 11.3 Å². The van der Waals surface area contributed by atoms with Crippen LogP contribution in [0.1, 0.15) is 48.0 Å². The number of nitrogens with zero attached hydrogens (tertiary/aromatic N) is 2. The number of aryl methyl sites for hydroxylation is 2. The van der Waals surface area contributed by atoms with Crippen LogP contribution in [0.3, 0.4) is 0 Å².